The van der Waals surface area contributed by atoms with Crippen LogP contribution in [0.15, 0.2) is 30.5 Å². The molecule has 20 heavy (non-hydrogen) atoms. The van der Waals surface area contributed by atoms with Crippen molar-refractivity contribution in [1.82, 2.24) is 10.4 Å². The van der Waals surface area contributed by atoms with E-state index in [9.17, 15) is 0 Å². The van der Waals surface area contributed by atoms with Crippen molar-refractivity contribution in [2.75, 3.05) is 7.11 Å². The van der Waals surface area contributed by atoms with Gasteiger partial charge in [-0.25, -0.2) is 5.43 Å². The lowest BCUT2D eigenvalue weighted by Gasteiger charge is -2.20. The molecule has 3 N–H and O–H groups in total. The fourth-order valence-electron chi connectivity index (χ4n) is 2.39. The molecule has 0 aliphatic rings. The second kappa shape index (κ2) is 6.03. The summed E-state index contributed by atoms with van der Waals surface area (Å²) in [5.74, 6) is 6.64. The van der Waals surface area contributed by atoms with Gasteiger partial charge in [0.05, 0.1) is 18.8 Å². The van der Waals surface area contributed by atoms with Gasteiger partial charge in [0.1, 0.15) is 5.75 Å². The van der Waals surface area contributed by atoms with Crippen LogP contribution in [0.2, 0.25) is 0 Å². The van der Waals surface area contributed by atoms with Crippen LogP contribution < -0.4 is 16.0 Å². The molecule has 1 aromatic carbocycles. The summed E-state index contributed by atoms with van der Waals surface area (Å²) in [6.45, 7) is 6.13. The highest BCUT2D eigenvalue weighted by Gasteiger charge is 2.17. The third-order valence-electron chi connectivity index (χ3n) is 3.49. The Bertz CT molecular complexity index is 611. The van der Waals surface area contributed by atoms with Gasteiger partial charge in [0, 0.05) is 6.20 Å². The van der Waals surface area contributed by atoms with Gasteiger partial charge in [-0.3, -0.25) is 10.8 Å². The van der Waals surface area contributed by atoms with Crippen molar-refractivity contribution in [1.29, 1.82) is 0 Å². The number of hydrazine groups is 1. The maximum Gasteiger partial charge on any atom is 0.122 e. The maximum atomic E-state index is 5.76. The van der Waals surface area contributed by atoms with Crippen molar-refractivity contribution in [3.05, 3.63) is 58.4 Å². The smallest absolute Gasteiger partial charge is 0.122 e. The monoisotopic (exact) mass is 271 g/mol. The number of nitrogens with one attached hydrogen (secondary N) is 1. The summed E-state index contributed by atoms with van der Waals surface area (Å²) in [4.78, 5) is 4.43. The highest BCUT2D eigenvalue weighted by atomic mass is 16.5. The highest BCUT2D eigenvalue weighted by molar-refractivity contribution is 5.45. The van der Waals surface area contributed by atoms with Gasteiger partial charge in [0.25, 0.3) is 0 Å². The van der Waals surface area contributed by atoms with Crippen LogP contribution in [0.1, 0.15) is 34.0 Å². The van der Waals surface area contributed by atoms with Gasteiger partial charge in [0.2, 0.25) is 0 Å². The number of benzene rings is 1. The number of ether oxygens (including phenoxy) is 1. The van der Waals surface area contributed by atoms with Crippen LogP contribution in [0.5, 0.6) is 5.75 Å². The number of methoxy groups -OCH3 is 1. The first-order chi connectivity index (χ1) is 9.56. The fraction of sp³-hybridized carbons (Fsp3) is 0.312. The van der Waals surface area contributed by atoms with E-state index in [-0.39, 0.29) is 6.04 Å². The van der Waals surface area contributed by atoms with Gasteiger partial charge >= 0.3 is 0 Å². The minimum Gasteiger partial charge on any atom is -0.496 e. The molecule has 0 fully saturated rings. The van der Waals surface area contributed by atoms with Gasteiger partial charge in [-0.15, -0.1) is 0 Å². The largest absolute Gasteiger partial charge is 0.496 e. The molecule has 0 saturated carbocycles. The molecule has 2 rings (SSSR count). The SMILES string of the molecule is COc1cc(C)c(C(NN)c2cc(C)ccn2)cc1C. The lowest BCUT2D eigenvalue weighted by Crippen LogP contribution is -2.30. The summed E-state index contributed by atoms with van der Waals surface area (Å²) in [6.07, 6.45) is 1.81. The van der Waals surface area contributed by atoms with Crippen LogP contribution in [0.25, 0.3) is 0 Å². The van der Waals surface area contributed by atoms with Gasteiger partial charge < -0.3 is 4.74 Å². The minimum absolute atomic E-state index is 0.125. The topological polar surface area (TPSA) is 60.2 Å². The molecular weight excluding hydrogens is 250 g/mol. The Labute approximate surface area is 120 Å². The van der Waals surface area contributed by atoms with Crippen LogP contribution in [0.3, 0.4) is 0 Å². The third-order valence-corrected chi connectivity index (χ3v) is 3.49. The summed E-state index contributed by atoms with van der Waals surface area (Å²) < 4.78 is 5.35. The van der Waals surface area contributed by atoms with E-state index in [0.717, 1.165) is 33.7 Å². The van der Waals surface area contributed by atoms with Crippen LogP contribution in [0.4, 0.5) is 0 Å². The molecule has 1 aromatic heterocycles. The molecule has 106 valence electrons. The average molecular weight is 271 g/mol. The lowest BCUT2D eigenvalue weighted by molar-refractivity contribution is 0.411. The number of rotatable bonds is 4. The third kappa shape index (κ3) is 2.81. The first kappa shape index (κ1) is 14.5. The number of hydrogen-bond acceptors (Lipinski definition) is 4. The number of hydrogen-bond donors (Lipinski definition) is 2. The van der Waals surface area contributed by atoms with E-state index >= 15 is 0 Å². The quantitative estimate of drug-likeness (QED) is 0.663. The van der Waals surface area contributed by atoms with Crippen molar-refractivity contribution >= 4 is 0 Å². The van der Waals surface area contributed by atoms with Crippen LogP contribution in [-0.2, 0) is 0 Å². The zero-order valence-corrected chi connectivity index (χ0v) is 12.4. The molecule has 4 heteroatoms. The summed E-state index contributed by atoms with van der Waals surface area (Å²) in [7, 11) is 1.68. The zero-order valence-electron chi connectivity index (χ0n) is 12.4. The van der Waals surface area contributed by atoms with Crippen molar-refractivity contribution < 1.29 is 4.74 Å². The molecule has 4 nitrogen and oxygen atoms in total. The molecule has 0 saturated heterocycles. The van der Waals surface area contributed by atoms with E-state index in [1.54, 1.807) is 13.3 Å². The number of aryl methyl sites for hydroxylation is 3. The highest BCUT2D eigenvalue weighted by Crippen LogP contribution is 2.29. The Hall–Kier alpha value is -1.91. The summed E-state index contributed by atoms with van der Waals surface area (Å²) >= 11 is 0. The predicted octanol–water partition coefficient (Wildman–Crippen LogP) is 2.57. The van der Waals surface area contributed by atoms with Crippen molar-refractivity contribution in [2.24, 2.45) is 5.84 Å². The predicted molar refractivity (Wildman–Crippen MR) is 80.6 cm³/mol. The van der Waals surface area contributed by atoms with Gasteiger partial charge in [-0.05, 0) is 61.2 Å². The molecule has 1 unspecified atom stereocenters. The van der Waals surface area contributed by atoms with Gasteiger partial charge in [0.15, 0.2) is 0 Å². The van der Waals surface area contributed by atoms with Crippen LogP contribution in [-0.4, -0.2) is 12.1 Å². The molecule has 0 amide bonds. The standard InChI is InChI=1S/C16H21N3O/c1-10-5-6-18-14(7-10)16(19-17)13-8-12(3)15(20-4)9-11(13)2/h5-9,16,19H,17H2,1-4H3. The second-order valence-corrected chi connectivity index (χ2v) is 5.04. The first-order valence-corrected chi connectivity index (χ1v) is 6.60. The first-order valence-electron chi connectivity index (χ1n) is 6.60. The van der Waals surface area contributed by atoms with Crippen molar-refractivity contribution in [2.45, 2.75) is 26.8 Å². The van der Waals surface area contributed by atoms with Crippen molar-refractivity contribution in [3.63, 3.8) is 0 Å². The Balaban J connectivity index is 2.49. The lowest BCUT2D eigenvalue weighted by atomic mass is 9.95. The molecule has 2 aromatic rings. The van der Waals surface area contributed by atoms with Crippen molar-refractivity contribution in [3.8, 4) is 5.75 Å². The van der Waals surface area contributed by atoms with E-state index in [1.165, 1.54) is 0 Å². The van der Waals surface area contributed by atoms with Crippen LogP contribution >= 0.6 is 0 Å². The van der Waals surface area contributed by atoms with E-state index in [1.807, 2.05) is 32.0 Å². The van der Waals surface area contributed by atoms with E-state index in [0.29, 0.717) is 0 Å². The molecule has 0 aliphatic carbocycles. The summed E-state index contributed by atoms with van der Waals surface area (Å²) in [6, 6.07) is 8.03. The molecule has 0 spiro atoms. The van der Waals surface area contributed by atoms with Gasteiger partial charge in [-0.2, -0.15) is 0 Å². The van der Waals surface area contributed by atoms with Crippen LogP contribution in [0, 0.1) is 20.8 Å². The number of nitrogens with two attached hydrogens (primary N) is 1. The Morgan fingerprint density at radius 1 is 1.15 bits per heavy atom. The molecule has 1 heterocycles. The Kier molecular flexibility index (Phi) is 4.37. The number of pyridine rings is 1. The van der Waals surface area contributed by atoms with E-state index in [4.69, 9.17) is 10.6 Å². The second-order valence-electron chi connectivity index (χ2n) is 5.04. The van der Waals surface area contributed by atoms with E-state index in [2.05, 4.69) is 23.4 Å². The molecular formula is C16H21N3O. The normalized spacial score (nSPS) is 12.2. The molecule has 0 radical (unpaired) electrons. The fourth-order valence-corrected chi connectivity index (χ4v) is 2.39. The van der Waals surface area contributed by atoms with E-state index < -0.39 is 0 Å². The molecule has 0 bridgehead atoms. The minimum atomic E-state index is -0.125. The Morgan fingerprint density at radius 2 is 1.90 bits per heavy atom. The Morgan fingerprint density at radius 3 is 2.50 bits per heavy atom. The number of nitrogens with zero attached hydrogens (tertiary/aromatic N) is 1. The zero-order chi connectivity index (χ0) is 14.7. The number of aromatic nitrogens is 1. The average Bonchev–Trinajstić information content (AvgIpc) is 2.43. The maximum absolute atomic E-state index is 5.76. The van der Waals surface area contributed by atoms with Gasteiger partial charge in [-0.1, -0.05) is 6.07 Å². The summed E-state index contributed by atoms with van der Waals surface area (Å²) in [5, 5.41) is 0. The molecule has 0 aliphatic heterocycles. The molecule has 1 atom stereocenters. The summed E-state index contributed by atoms with van der Waals surface area (Å²) in [5.41, 5.74) is 8.27.